The molecule has 1 heterocycles. The predicted octanol–water partition coefficient (Wildman–Crippen LogP) is 3.85. The molecule has 0 aromatic heterocycles. The van der Waals surface area contributed by atoms with Crippen LogP contribution in [0.1, 0.15) is 36.1 Å². The maximum absolute atomic E-state index is 6.02. The van der Waals surface area contributed by atoms with Crippen molar-refractivity contribution < 1.29 is 14.2 Å². The molecule has 31 heavy (non-hydrogen) atoms. The molecule has 0 spiro atoms. The molecule has 2 N–H and O–H groups in total. The normalized spacial score (nSPS) is 18.7. The number of aliphatic imine (C=N–C) groups is 1. The quantitative estimate of drug-likeness (QED) is 0.344. The average Bonchev–Trinajstić information content (AvgIpc) is 3.26. The standard InChI is InChI=1S/C25H35N3O3/c1-4-26-25(27-17-21-11-10-19(2)16-23(21)30-15-14-29-3)28-18-22-12-13-31-24(22)20-8-6-5-7-9-20/h5-11,16,22,24H,4,12-15,17-18H2,1-3H3,(H2,26,27,28). The second-order valence-corrected chi connectivity index (χ2v) is 7.78. The van der Waals surface area contributed by atoms with Crippen molar-refractivity contribution in [2.45, 2.75) is 32.9 Å². The van der Waals surface area contributed by atoms with Crippen LogP contribution in [0.3, 0.4) is 0 Å². The summed E-state index contributed by atoms with van der Waals surface area (Å²) >= 11 is 0. The van der Waals surface area contributed by atoms with E-state index in [9.17, 15) is 0 Å². The van der Waals surface area contributed by atoms with Gasteiger partial charge in [0.05, 0.1) is 19.3 Å². The molecule has 6 heteroatoms. The number of nitrogens with one attached hydrogen (secondary N) is 2. The molecule has 0 amide bonds. The van der Waals surface area contributed by atoms with E-state index in [1.807, 2.05) is 6.07 Å². The molecule has 0 saturated carbocycles. The summed E-state index contributed by atoms with van der Waals surface area (Å²) < 4.78 is 17.0. The summed E-state index contributed by atoms with van der Waals surface area (Å²) in [7, 11) is 1.68. The Morgan fingerprint density at radius 2 is 1.97 bits per heavy atom. The first-order valence-corrected chi connectivity index (χ1v) is 11.1. The highest BCUT2D eigenvalue weighted by Gasteiger charge is 2.29. The fourth-order valence-electron chi connectivity index (χ4n) is 3.75. The Morgan fingerprint density at radius 1 is 1.13 bits per heavy atom. The van der Waals surface area contributed by atoms with Gasteiger partial charge in [-0.05, 0) is 37.5 Å². The first-order valence-electron chi connectivity index (χ1n) is 11.1. The van der Waals surface area contributed by atoms with Crippen LogP contribution in [0.5, 0.6) is 5.75 Å². The van der Waals surface area contributed by atoms with Crippen molar-refractivity contribution in [2.24, 2.45) is 10.9 Å². The predicted molar refractivity (Wildman–Crippen MR) is 125 cm³/mol. The van der Waals surface area contributed by atoms with E-state index in [4.69, 9.17) is 19.2 Å². The molecule has 2 aromatic rings. The van der Waals surface area contributed by atoms with E-state index in [1.165, 1.54) is 11.1 Å². The number of methoxy groups -OCH3 is 1. The third kappa shape index (κ3) is 6.97. The van der Waals surface area contributed by atoms with Gasteiger partial charge in [0.15, 0.2) is 5.96 Å². The number of hydrogen-bond donors (Lipinski definition) is 2. The molecule has 1 aliphatic rings. The van der Waals surface area contributed by atoms with E-state index in [2.05, 4.69) is 66.9 Å². The molecular weight excluding hydrogens is 390 g/mol. The van der Waals surface area contributed by atoms with Crippen LogP contribution in [0, 0.1) is 12.8 Å². The van der Waals surface area contributed by atoms with Gasteiger partial charge < -0.3 is 24.8 Å². The van der Waals surface area contributed by atoms with E-state index in [-0.39, 0.29) is 6.10 Å². The molecule has 6 nitrogen and oxygen atoms in total. The number of nitrogens with zero attached hydrogens (tertiary/aromatic N) is 1. The molecule has 0 radical (unpaired) electrons. The highest BCUT2D eigenvalue weighted by Crippen LogP contribution is 2.33. The monoisotopic (exact) mass is 425 g/mol. The molecular formula is C25H35N3O3. The van der Waals surface area contributed by atoms with Gasteiger partial charge in [-0.2, -0.15) is 0 Å². The van der Waals surface area contributed by atoms with Crippen LogP contribution >= 0.6 is 0 Å². The highest BCUT2D eigenvalue weighted by molar-refractivity contribution is 5.79. The van der Waals surface area contributed by atoms with Gasteiger partial charge in [-0.3, -0.25) is 0 Å². The number of aryl methyl sites for hydroxylation is 1. The van der Waals surface area contributed by atoms with Crippen molar-refractivity contribution >= 4 is 5.96 Å². The van der Waals surface area contributed by atoms with Gasteiger partial charge in [0.25, 0.3) is 0 Å². The third-order valence-electron chi connectivity index (χ3n) is 5.39. The minimum absolute atomic E-state index is 0.134. The van der Waals surface area contributed by atoms with Gasteiger partial charge in [-0.25, -0.2) is 4.99 Å². The van der Waals surface area contributed by atoms with E-state index in [0.717, 1.165) is 43.4 Å². The lowest BCUT2D eigenvalue weighted by Crippen LogP contribution is -2.40. The fourth-order valence-corrected chi connectivity index (χ4v) is 3.75. The Morgan fingerprint density at radius 3 is 2.74 bits per heavy atom. The lowest BCUT2D eigenvalue weighted by molar-refractivity contribution is 0.0915. The fraction of sp³-hybridized carbons (Fsp3) is 0.480. The van der Waals surface area contributed by atoms with Crippen molar-refractivity contribution in [3.8, 4) is 5.75 Å². The van der Waals surface area contributed by atoms with Crippen LogP contribution in [0.15, 0.2) is 53.5 Å². The Kier molecular flexibility index (Phi) is 9.18. The van der Waals surface area contributed by atoms with Gasteiger partial charge >= 0.3 is 0 Å². The van der Waals surface area contributed by atoms with E-state index < -0.39 is 0 Å². The van der Waals surface area contributed by atoms with Crippen LogP contribution in [-0.4, -0.2) is 46.0 Å². The van der Waals surface area contributed by atoms with Gasteiger partial charge in [0.2, 0.25) is 0 Å². The van der Waals surface area contributed by atoms with Gasteiger partial charge in [-0.15, -0.1) is 0 Å². The molecule has 1 aliphatic heterocycles. The van der Waals surface area contributed by atoms with Gasteiger partial charge in [0, 0.05) is 38.3 Å². The van der Waals surface area contributed by atoms with E-state index in [0.29, 0.717) is 25.7 Å². The van der Waals surface area contributed by atoms with Crippen LogP contribution in [-0.2, 0) is 16.0 Å². The van der Waals surface area contributed by atoms with E-state index >= 15 is 0 Å². The number of rotatable bonds is 10. The molecule has 3 rings (SSSR count). The molecule has 1 fully saturated rings. The Balaban J connectivity index is 1.63. The highest BCUT2D eigenvalue weighted by atomic mass is 16.5. The molecule has 2 atom stereocenters. The zero-order valence-corrected chi connectivity index (χ0v) is 18.9. The molecule has 0 bridgehead atoms. The van der Waals surface area contributed by atoms with E-state index in [1.54, 1.807) is 7.11 Å². The van der Waals surface area contributed by atoms with Gasteiger partial charge in [0.1, 0.15) is 12.4 Å². The lowest BCUT2D eigenvalue weighted by atomic mass is 9.95. The van der Waals surface area contributed by atoms with Crippen LogP contribution in [0.2, 0.25) is 0 Å². The first kappa shape index (κ1) is 23.1. The van der Waals surface area contributed by atoms with Crippen molar-refractivity contribution in [2.75, 3.05) is 40.0 Å². The smallest absolute Gasteiger partial charge is 0.191 e. The minimum atomic E-state index is 0.134. The van der Waals surface area contributed by atoms with Crippen LogP contribution in [0.25, 0.3) is 0 Å². The molecule has 1 saturated heterocycles. The SMILES string of the molecule is CCNC(=NCc1ccc(C)cc1OCCOC)NCC1CCOC1c1ccccc1. The van der Waals surface area contributed by atoms with Crippen molar-refractivity contribution in [3.63, 3.8) is 0 Å². The lowest BCUT2D eigenvalue weighted by Gasteiger charge is -2.21. The summed E-state index contributed by atoms with van der Waals surface area (Å²) in [5, 5.41) is 6.87. The summed E-state index contributed by atoms with van der Waals surface area (Å²) in [5.41, 5.74) is 3.47. The second-order valence-electron chi connectivity index (χ2n) is 7.78. The number of ether oxygens (including phenoxy) is 3. The largest absolute Gasteiger partial charge is 0.491 e. The topological polar surface area (TPSA) is 64.1 Å². The minimum Gasteiger partial charge on any atom is -0.491 e. The number of hydrogen-bond acceptors (Lipinski definition) is 4. The van der Waals surface area contributed by atoms with Gasteiger partial charge in [-0.1, -0.05) is 42.5 Å². The summed E-state index contributed by atoms with van der Waals surface area (Å²) in [4.78, 5) is 4.80. The summed E-state index contributed by atoms with van der Waals surface area (Å²) in [5.74, 6) is 2.09. The van der Waals surface area contributed by atoms with Crippen LogP contribution in [0.4, 0.5) is 0 Å². The molecule has 168 valence electrons. The van der Waals surface area contributed by atoms with Crippen molar-refractivity contribution in [3.05, 3.63) is 65.2 Å². The Bertz CT molecular complexity index is 826. The zero-order chi connectivity index (χ0) is 21.9. The Labute approximate surface area is 186 Å². The second kappa shape index (κ2) is 12.3. The van der Waals surface area contributed by atoms with Crippen molar-refractivity contribution in [1.82, 2.24) is 10.6 Å². The maximum atomic E-state index is 6.02. The van der Waals surface area contributed by atoms with Crippen LogP contribution < -0.4 is 15.4 Å². The molecule has 2 aromatic carbocycles. The molecule has 0 aliphatic carbocycles. The maximum Gasteiger partial charge on any atom is 0.191 e. The summed E-state index contributed by atoms with van der Waals surface area (Å²) in [6, 6.07) is 16.7. The summed E-state index contributed by atoms with van der Waals surface area (Å²) in [6.07, 6.45) is 1.18. The average molecular weight is 426 g/mol. The first-order chi connectivity index (χ1) is 15.2. The summed E-state index contributed by atoms with van der Waals surface area (Å²) in [6.45, 7) is 8.19. The molecule has 2 unspecified atom stereocenters. The third-order valence-corrected chi connectivity index (χ3v) is 5.39. The number of guanidine groups is 1. The zero-order valence-electron chi connectivity index (χ0n) is 18.9. The number of benzene rings is 2. The van der Waals surface area contributed by atoms with Crippen molar-refractivity contribution in [1.29, 1.82) is 0 Å². The Hall–Kier alpha value is -2.57.